The van der Waals surface area contributed by atoms with Crippen molar-refractivity contribution in [3.8, 4) is 11.5 Å². The maximum absolute atomic E-state index is 13.1. The van der Waals surface area contributed by atoms with E-state index in [1.165, 1.54) is 0 Å². The number of rotatable bonds is 7. The van der Waals surface area contributed by atoms with Gasteiger partial charge in [0.05, 0.1) is 32.8 Å². The Morgan fingerprint density at radius 1 is 1.20 bits per heavy atom. The predicted octanol–water partition coefficient (Wildman–Crippen LogP) is 4.46. The zero-order valence-electron chi connectivity index (χ0n) is 17.7. The SMILES string of the molecule is COc1ccc(OC)c(C2CCCN2C(=O)CNC(C)c2cc3ccccc3o2)c1. The monoisotopic (exact) mass is 408 g/mol. The van der Waals surface area contributed by atoms with Crippen molar-refractivity contribution in [1.82, 2.24) is 10.2 Å². The third-order valence-electron chi connectivity index (χ3n) is 5.80. The molecule has 0 spiro atoms. The Balaban J connectivity index is 1.45. The molecule has 1 N–H and O–H groups in total. The number of carbonyl (C=O) groups excluding carboxylic acids is 1. The van der Waals surface area contributed by atoms with Crippen LogP contribution in [0.25, 0.3) is 11.0 Å². The Kier molecular flexibility index (Phi) is 5.95. The Labute approximate surface area is 176 Å². The van der Waals surface area contributed by atoms with Crippen molar-refractivity contribution in [3.05, 3.63) is 59.9 Å². The minimum atomic E-state index is -0.0613. The van der Waals surface area contributed by atoms with E-state index in [4.69, 9.17) is 13.9 Å². The quantitative estimate of drug-likeness (QED) is 0.625. The van der Waals surface area contributed by atoms with Crippen LogP contribution in [0.15, 0.2) is 52.9 Å². The van der Waals surface area contributed by atoms with E-state index in [1.807, 2.05) is 60.4 Å². The van der Waals surface area contributed by atoms with Crippen LogP contribution in [0.4, 0.5) is 0 Å². The number of hydrogen-bond donors (Lipinski definition) is 1. The highest BCUT2D eigenvalue weighted by Gasteiger charge is 2.32. The van der Waals surface area contributed by atoms with Crippen LogP contribution in [-0.2, 0) is 4.79 Å². The Hall–Kier alpha value is -2.99. The third-order valence-corrected chi connectivity index (χ3v) is 5.80. The highest BCUT2D eigenvalue weighted by Crippen LogP contribution is 2.39. The lowest BCUT2D eigenvalue weighted by molar-refractivity contribution is -0.131. The summed E-state index contributed by atoms with van der Waals surface area (Å²) in [6.45, 7) is 3.00. The van der Waals surface area contributed by atoms with Crippen molar-refractivity contribution in [1.29, 1.82) is 0 Å². The van der Waals surface area contributed by atoms with E-state index >= 15 is 0 Å². The molecule has 3 aromatic rings. The number of likely N-dealkylation sites (tertiary alicyclic amines) is 1. The average molecular weight is 408 g/mol. The normalized spacial score (nSPS) is 17.3. The lowest BCUT2D eigenvalue weighted by Gasteiger charge is -2.27. The van der Waals surface area contributed by atoms with Crippen molar-refractivity contribution in [3.63, 3.8) is 0 Å². The summed E-state index contributed by atoms with van der Waals surface area (Å²) in [5.74, 6) is 2.45. The maximum atomic E-state index is 13.1. The number of amides is 1. The molecule has 6 heteroatoms. The number of fused-ring (bicyclic) bond motifs is 1. The standard InChI is InChI=1S/C24H28N2O4/c1-16(23-13-17-7-4-5-9-21(17)30-23)25-15-24(27)26-12-6-8-20(26)19-14-18(28-2)10-11-22(19)29-3/h4-5,7,9-11,13-14,16,20,25H,6,8,12,15H2,1-3H3. The fourth-order valence-corrected chi connectivity index (χ4v) is 4.15. The highest BCUT2D eigenvalue weighted by molar-refractivity contribution is 5.80. The van der Waals surface area contributed by atoms with Crippen molar-refractivity contribution in [2.45, 2.75) is 31.8 Å². The Morgan fingerprint density at radius 2 is 2.03 bits per heavy atom. The zero-order valence-corrected chi connectivity index (χ0v) is 17.7. The molecule has 4 rings (SSSR count). The molecule has 30 heavy (non-hydrogen) atoms. The van der Waals surface area contributed by atoms with Crippen molar-refractivity contribution in [2.24, 2.45) is 0 Å². The van der Waals surface area contributed by atoms with Gasteiger partial charge < -0.3 is 18.8 Å². The molecular formula is C24H28N2O4. The summed E-state index contributed by atoms with van der Waals surface area (Å²) in [6.07, 6.45) is 1.88. The number of para-hydroxylation sites is 1. The van der Waals surface area contributed by atoms with E-state index in [0.29, 0.717) is 0 Å². The van der Waals surface area contributed by atoms with Gasteiger partial charge in [-0.1, -0.05) is 18.2 Å². The van der Waals surface area contributed by atoms with E-state index in [-0.39, 0.29) is 24.5 Å². The fourth-order valence-electron chi connectivity index (χ4n) is 4.15. The lowest BCUT2D eigenvalue weighted by Crippen LogP contribution is -2.38. The predicted molar refractivity (Wildman–Crippen MR) is 116 cm³/mol. The van der Waals surface area contributed by atoms with Crippen molar-refractivity contribution >= 4 is 16.9 Å². The van der Waals surface area contributed by atoms with Gasteiger partial charge in [-0.05, 0) is 50.1 Å². The van der Waals surface area contributed by atoms with E-state index in [2.05, 4.69) is 5.32 Å². The van der Waals surface area contributed by atoms with Gasteiger partial charge in [-0.3, -0.25) is 10.1 Å². The van der Waals surface area contributed by atoms with Gasteiger partial charge in [0.15, 0.2) is 0 Å². The number of nitrogens with one attached hydrogen (secondary N) is 1. The lowest BCUT2D eigenvalue weighted by atomic mass is 10.0. The second-order valence-corrected chi connectivity index (χ2v) is 7.64. The van der Waals surface area contributed by atoms with Crippen molar-refractivity contribution < 1.29 is 18.7 Å². The topological polar surface area (TPSA) is 63.9 Å². The van der Waals surface area contributed by atoms with Crippen LogP contribution in [-0.4, -0.2) is 38.1 Å². The van der Waals surface area contributed by atoms with Crippen LogP contribution in [0.5, 0.6) is 11.5 Å². The summed E-state index contributed by atoms with van der Waals surface area (Å²) in [7, 11) is 3.30. The molecule has 0 radical (unpaired) electrons. The fraction of sp³-hybridized carbons (Fsp3) is 0.375. The number of methoxy groups -OCH3 is 2. The number of furan rings is 1. The average Bonchev–Trinajstić information content (AvgIpc) is 3.44. The molecule has 6 nitrogen and oxygen atoms in total. The minimum Gasteiger partial charge on any atom is -0.497 e. The first-order valence-corrected chi connectivity index (χ1v) is 10.3. The molecule has 0 bridgehead atoms. The van der Waals surface area contributed by atoms with Gasteiger partial charge in [0.25, 0.3) is 0 Å². The van der Waals surface area contributed by atoms with Gasteiger partial charge in [0.1, 0.15) is 22.8 Å². The van der Waals surface area contributed by atoms with Crippen LogP contribution in [0.1, 0.15) is 43.2 Å². The third kappa shape index (κ3) is 4.00. The molecule has 2 atom stereocenters. The molecule has 1 aliphatic rings. The molecular weight excluding hydrogens is 380 g/mol. The number of carbonyl (C=O) groups is 1. The number of nitrogens with zero attached hydrogens (tertiary/aromatic N) is 1. The summed E-state index contributed by atoms with van der Waals surface area (Å²) in [5, 5.41) is 4.39. The number of benzene rings is 2. The first kappa shape index (κ1) is 20.3. The number of hydrogen-bond acceptors (Lipinski definition) is 5. The molecule has 2 aromatic carbocycles. The summed E-state index contributed by atoms with van der Waals surface area (Å²) in [5.41, 5.74) is 1.85. The number of ether oxygens (including phenoxy) is 2. The van der Waals surface area contributed by atoms with Gasteiger partial charge in [-0.2, -0.15) is 0 Å². The van der Waals surface area contributed by atoms with Crippen molar-refractivity contribution in [2.75, 3.05) is 27.3 Å². The first-order valence-electron chi connectivity index (χ1n) is 10.3. The molecule has 1 fully saturated rings. The van der Waals surface area contributed by atoms with Gasteiger partial charge in [-0.15, -0.1) is 0 Å². The molecule has 0 aliphatic carbocycles. The second-order valence-electron chi connectivity index (χ2n) is 7.64. The van der Waals surface area contributed by atoms with Crippen LogP contribution in [0.2, 0.25) is 0 Å². The second kappa shape index (κ2) is 8.79. The molecule has 1 saturated heterocycles. The minimum absolute atomic E-state index is 0.00847. The van der Waals surface area contributed by atoms with Gasteiger partial charge in [0.2, 0.25) is 5.91 Å². The first-order chi connectivity index (χ1) is 14.6. The summed E-state index contributed by atoms with van der Waals surface area (Å²) in [4.78, 5) is 15.0. The molecule has 1 aromatic heterocycles. The zero-order chi connectivity index (χ0) is 21.1. The van der Waals surface area contributed by atoms with Crippen LogP contribution >= 0.6 is 0 Å². The largest absolute Gasteiger partial charge is 0.497 e. The summed E-state index contributed by atoms with van der Waals surface area (Å²) < 4.78 is 16.8. The Bertz CT molecular complexity index is 996. The molecule has 158 valence electrons. The highest BCUT2D eigenvalue weighted by atomic mass is 16.5. The van der Waals surface area contributed by atoms with E-state index in [9.17, 15) is 4.79 Å². The molecule has 0 saturated carbocycles. The van der Waals surface area contributed by atoms with Crippen LogP contribution in [0, 0.1) is 0 Å². The maximum Gasteiger partial charge on any atom is 0.237 e. The molecule has 1 amide bonds. The van der Waals surface area contributed by atoms with E-state index < -0.39 is 0 Å². The van der Waals surface area contributed by atoms with Gasteiger partial charge in [-0.25, -0.2) is 0 Å². The molecule has 1 aliphatic heterocycles. The Morgan fingerprint density at radius 3 is 2.80 bits per heavy atom. The summed E-state index contributed by atoms with van der Waals surface area (Å²) in [6, 6.07) is 15.6. The van der Waals surface area contributed by atoms with Crippen LogP contribution < -0.4 is 14.8 Å². The van der Waals surface area contributed by atoms with Gasteiger partial charge >= 0.3 is 0 Å². The van der Waals surface area contributed by atoms with E-state index in [1.54, 1.807) is 14.2 Å². The smallest absolute Gasteiger partial charge is 0.237 e. The van der Waals surface area contributed by atoms with Crippen LogP contribution in [0.3, 0.4) is 0 Å². The summed E-state index contributed by atoms with van der Waals surface area (Å²) >= 11 is 0. The van der Waals surface area contributed by atoms with E-state index in [0.717, 1.165) is 53.2 Å². The molecule has 2 heterocycles. The van der Waals surface area contributed by atoms with Gasteiger partial charge in [0, 0.05) is 17.5 Å². The molecule has 2 unspecified atom stereocenters.